The summed E-state index contributed by atoms with van der Waals surface area (Å²) in [6, 6.07) is 14.4. The molecule has 5 nitrogen and oxygen atoms in total. The van der Waals surface area contributed by atoms with E-state index in [0.717, 1.165) is 23.3 Å². The molecule has 2 unspecified atom stereocenters. The molecule has 1 N–H and O–H groups in total. The monoisotopic (exact) mass is 366 g/mol. The van der Waals surface area contributed by atoms with Crippen molar-refractivity contribution in [3.63, 3.8) is 0 Å². The van der Waals surface area contributed by atoms with Crippen molar-refractivity contribution >= 4 is 11.8 Å². The Morgan fingerprint density at radius 3 is 2.59 bits per heavy atom. The highest BCUT2D eigenvalue weighted by atomic mass is 16.5. The van der Waals surface area contributed by atoms with Crippen LogP contribution in [0.5, 0.6) is 5.75 Å². The molecule has 0 aliphatic carbocycles. The SMILES string of the molecule is CCOc1ccccc1CN1C(=O)c2ccccc2C1C(=O)NC(C)CC. The molecule has 5 heteroatoms. The van der Waals surface area contributed by atoms with Gasteiger partial charge in [-0.2, -0.15) is 0 Å². The zero-order chi connectivity index (χ0) is 19.4. The van der Waals surface area contributed by atoms with Crippen LogP contribution in [0.4, 0.5) is 0 Å². The van der Waals surface area contributed by atoms with Crippen molar-refractivity contribution < 1.29 is 14.3 Å². The van der Waals surface area contributed by atoms with E-state index in [9.17, 15) is 9.59 Å². The molecule has 0 saturated carbocycles. The van der Waals surface area contributed by atoms with E-state index in [-0.39, 0.29) is 17.9 Å². The summed E-state index contributed by atoms with van der Waals surface area (Å²) >= 11 is 0. The first-order valence-electron chi connectivity index (χ1n) is 9.47. The maximum Gasteiger partial charge on any atom is 0.255 e. The first-order valence-corrected chi connectivity index (χ1v) is 9.47. The minimum Gasteiger partial charge on any atom is -0.494 e. The second-order valence-corrected chi connectivity index (χ2v) is 6.78. The molecule has 3 rings (SSSR count). The van der Waals surface area contributed by atoms with E-state index < -0.39 is 6.04 Å². The first-order chi connectivity index (χ1) is 13.1. The third-order valence-electron chi connectivity index (χ3n) is 4.92. The maximum absolute atomic E-state index is 13.0. The van der Waals surface area contributed by atoms with Gasteiger partial charge < -0.3 is 15.0 Å². The Balaban J connectivity index is 1.95. The van der Waals surface area contributed by atoms with Crippen molar-refractivity contribution in [3.8, 4) is 5.75 Å². The third-order valence-corrected chi connectivity index (χ3v) is 4.92. The molecule has 0 bridgehead atoms. The van der Waals surface area contributed by atoms with Crippen molar-refractivity contribution in [2.45, 2.75) is 45.8 Å². The number of carbonyl (C=O) groups excluding carboxylic acids is 2. The van der Waals surface area contributed by atoms with Crippen LogP contribution in [0.1, 0.15) is 54.7 Å². The Labute approximate surface area is 160 Å². The Kier molecular flexibility index (Phi) is 5.79. The summed E-state index contributed by atoms with van der Waals surface area (Å²) in [4.78, 5) is 27.7. The summed E-state index contributed by atoms with van der Waals surface area (Å²) < 4.78 is 5.70. The number of hydrogen-bond donors (Lipinski definition) is 1. The zero-order valence-electron chi connectivity index (χ0n) is 16.1. The highest BCUT2D eigenvalue weighted by Crippen LogP contribution is 2.36. The van der Waals surface area contributed by atoms with Gasteiger partial charge in [0.25, 0.3) is 5.91 Å². The summed E-state index contributed by atoms with van der Waals surface area (Å²) in [5.41, 5.74) is 2.25. The fourth-order valence-electron chi connectivity index (χ4n) is 3.35. The van der Waals surface area contributed by atoms with E-state index in [1.807, 2.05) is 63.2 Å². The van der Waals surface area contributed by atoms with Gasteiger partial charge in [-0.15, -0.1) is 0 Å². The molecule has 0 radical (unpaired) electrons. The number of fused-ring (bicyclic) bond motifs is 1. The quantitative estimate of drug-likeness (QED) is 0.813. The lowest BCUT2D eigenvalue weighted by molar-refractivity contribution is -0.126. The average Bonchev–Trinajstić information content (AvgIpc) is 2.95. The van der Waals surface area contributed by atoms with Crippen molar-refractivity contribution in [1.82, 2.24) is 10.2 Å². The summed E-state index contributed by atoms with van der Waals surface area (Å²) in [7, 11) is 0. The van der Waals surface area contributed by atoms with Crippen LogP contribution in [-0.4, -0.2) is 29.4 Å². The number of amides is 2. The van der Waals surface area contributed by atoms with Crippen LogP contribution in [-0.2, 0) is 11.3 Å². The van der Waals surface area contributed by atoms with Crippen molar-refractivity contribution in [3.05, 3.63) is 65.2 Å². The second kappa shape index (κ2) is 8.25. The zero-order valence-corrected chi connectivity index (χ0v) is 16.1. The van der Waals surface area contributed by atoms with Gasteiger partial charge in [0.2, 0.25) is 5.91 Å². The number of nitrogens with one attached hydrogen (secondary N) is 1. The molecular formula is C22H26N2O3. The second-order valence-electron chi connectivity index (χ2n) is 6.78. The lowest BCUT2D eigenvalue weighted by Crippen LogP contribution is -2.42. The van der Waals surface area contributed by atoms with E-state index in [1.54, 1.807) is 11.0 Å². The normalized spacial score (nSPS) is 16.8. The van der Waals surface area contributed by atoms with Crippen molar-refractivity contribution in [2.75, 3.05) is 6.61 Å². The summed E-state index contributed by atoms with van der Waals surface area (Å²) in [5, 5.41) is 3.02. The maximum atomic E-state index is 13.0. The standard InChI is InChI=1S/C22H26N2O3/c1-4-15(3)23-21(25)20-17-11-7-8-12-18(17)22(26)24(20)14-16-10-6-9-13-19(16)27-5-2/h6-13,15,20H,4-5,14H2,1-3H3,(H,23,25). The predicted molar refractivity (Wildman–Crippen MR) is 105 cm³/mol. The Bertz CT molecular complexity index is 834. The van der Waals surface area contributed by atoms with Gasteiger partial charge in [0, 0.05) is 17.2 Å². The Morgan fingerprint density at radius 2 is 1.85 bits per heavy atom. The minimum absolute atomic E-state index is 0.0536. The number of para-hydroxylation sites is 1. The number of benzene rings is 2. The minimum atomic E-state index is -0.627. The van der Waals surface area contributed by atoms with Gasteiger partial charge in [-0.25, -0.2) is 0 Å². The van der Waals surface area contributed by atoms with Crippen molar-refractivity contribution in [2.24, 2.45) is 0 Å². The van der Waals surface area contributed by atoms with E-state index in [0.29, 0.717) is 18.7 Å². The predicted octanol–water partition coefficient (Wildman–Crippen LogP) is 3.70. The van der Waals surface area contributed by atoms with E-state index >= 15 is 0 Å². The van der Waals surface area contributed by atoms with Crippen LogP contribution in [0.15, 0.2) is 48.5 Å². The molecule has 27 heavy (non-hydrogen) atoms. The van der Waals surface area contributed by atoms with E-state index in [4.69, 9.17) is 4.74 Å². The summed E-state index contributed by atoms with van der Waals surface area (Å²) in [6.45, 7) is 6.78. The number of nitrogens with zero attached hydrogens (tertiary/aromatic N) is 1. The van der Waals surface area contributed by atoms with Gasteiger partial charge >= 0.3 is 0 Å². The molecule has 142 valence electrons. The molecule has 2 amide bonds. The first kappa shape index (κ1) is 19.0. The lowest BCUT2D eigenvalue weighted by Gasteiger charge is -2.26. The fraction of sp³-hybridized carbons (Fsp3) is 0.364. The number of hydrogen-bond acceptors (Lipinski definition) is 3. The van der Waals surface area contributed by atoms with Crippen LogP contribution < -0.4 is 10.1 Å². The largest absolute Gasteiger partial charge is 0.494 e. The average molecular weight is 366 g/mol. The highest BCUT2D eigenvalue weighted by molar-refractivity contribution is 6.04. The van der Waals surface area contributed by atoms with E-state index in [1.165, 1.54) is 0 Å². The third kappa shape index (κ3) is 3.82. The topological polar surface area (TPSA) is 58.6 Å². The van der Waals surface area contributed by atoms with Gasteiger partial charge in [-0.1, -0.05) is 43.3 Å². The van der Waals surface area contributed by atoms with Crippen LogP contribution in [0, 0.1) is 0 Å². The molecule has 2 aromatic rings. The van der Waals surface area contributed by atoms with Crippen LogP contribution in [0.3, 0.4) is 0 Å². The summed E-state index contributed by atoms with van der Waals surface area (Å²) in [5.74, 6) is 0.475. The smallest absolute Gasteiger partial charge is 0.255 e. The number of carbonyl (C=O) groups is 2. The molecule has 1 aliphatic rings. The summed E-state index contributed by atoms with van der Waals surface area (Å²) in [6.07, 6.45) is 0.835. The molecule has 1 heterocycles. The Morgan fingerprint density at radius 1 is 1.15 bits per heavy atom. The fourth-order valence-corrected chi connectivity index (χ4v) is 3.35. The molecule has 0 aromatic heterocycles. The Hall–Kier alpha value is -2.82. The highest BCUT2D eigenvalue weighted by Gasteiger charge is 2.41. The van der Waals surface area contributed by atoms with Gasteiger partial charge in [0.15, 0.2) is 0 Å². The molecule has 0 spiro atoms. The van der Waals surface area contributed by atoms with Gasteiger partial charge in [-0.3, -0.25) is 9.59 Å². The van der Waals surface area contributed by atoms with Crippen LogP contribution >= 0.6 is 0 Å². The van der Waals surface area contributed by atoms with Gasteiger partial charge in [-0.05, 0) is 38.0 Å². The molecule has 0 fully saturated rings. The molecule has 0 saturated heterocycles. The molecule has 1 aliphatic heterocycles. The van der Waals surface area contributed by atoms with Gasteiger partial charge in [0.1, 0.15) is 11.8 Å². The lowest BCUT2D eigenvalue weighted by atomic mass is 10.0. The van der Waals surface area contributed by atoms with Crippen LogP contribution in [0.2, 0.25) is 0 Å². The number of ether oxygens (including phenoxy) is 1. The van der Waals surface area contributed by atoms with Crippen LogP contribution in [0.25, 0.3) is 0 Å². The number of rotatable bonds is 7. The van der Waals surface area contributed by atoms with Crippen molar-refractivity contribution in [1.29, 1.82) is 0 Å². The van der Waals surface area contributed by atoms with E-state index in [2.05, 4.69) is 5.32 Å². The molecular weight excluding hydrogens is 340 g/mol. The van der Waals surface area contributed by atoms with Gasteiger partial charge in [0.05, 0.1) is 13.2 Å². The molecule has 2 aromatic carbocycles. The molecule has 2 atom stereocenters.